The highest BCUT2D eigenvalue weighted by atomic mass is 79.9. The van der Waals surface area contributed by atoms with Crippen molar-refractivity contribution in [1.29, 1.82) is 0 Å². The van der Waals surface area contributed by atoms with Gasteiger partial charge in [0.2, 0.25) is 0 Å². The van der Waals surface area contributed by atoms with Crippen molar-refractivity contribution in [3.05, 3.63) is 33.3 Å². The summed E-state index contributed by atoms with van der Waals surface area (Å²) < 4.78 is 1.03. The Bertz CT molecular complexity index is 314. The van der Waals surface area contributed by atoms with Crippen LogP contribution in [0, 0.1) is 0 Å². The van der Waals surface area contributed by atoms with Crippen LogP contribution in [0.2, 0.25) is 5.02 Å². The third-order valence-electron chi connectivity index (χ3n) is 2.37. The van der Waals surface area contributed by atoms with Crippen LogP contribution in [0.4, 0.5) is 0 Å². The maximum Gasteiger partial charge on any atom is 0.0452 e. The zero-order valence-electron chi connectivity index (χ0n) is 9.19. The van der Waals surface area contributed by atoms with E-state index in [1.54, 1.807) is 0 Å². The Morgan fingerprint density at radius 2 is 2.20 bits per heavy atom. The quantitative estimate of drug-likeness (QED) is 0.801. The van der Waals surface area contributed by atoms with Crippen LogP contribution in [0.25, 0.3) is 0 Å². The fourth-order valence-corrected chi connectivity index (χ4v) is 2.37. The summed E-state index contributed by atoms with van der Waals surface area (Å²) in [7, 11) is 0. The molecular formula is C12H17BrClN. The van der Waals surface area contributed by atoms with Crippen molar-refractivity contribution in [3.8, 4) is 0 Å². The third-order valence-corrected chi connectivity index (χ3v) is 3.19. The molecule has 0 bridgehead atoms. The largest absolute Gasteiger partial charge is 0.316 e. The second-order valence-electron chi connectivity index (χ2n) is 3.77. The molecule has 1 aromatic rings. The van der Waals surface area contributed by atoms with Crippen LogP contribution in [0.1, 0.15) is 31.7 Å². The fraction of sp³-hybridized carbons (Fsp3) is 0.500. The molecule has 0 aliphatic heterocycles. The Labute approximate surface area is 105 Å². The zero-order valence-corrected chi connectivity index (χ0v) is 11.5. The molecule has 0 fully saturated rings. The van der Waals surface area contributed by atoms with E-state index in [4.69, 9.17) is 11.6 Å². The lowest BCUT2D eigenvalue weighted by Crippen LogP contribution is -2.20. The maximum absolute atomic E-state index is 6.18. The Morgan fingerprint density at radius 3 is 2.80 bits per heavy atom. The molecule has 0 aliphatic rings. The number of rotatable bonds is 5. The van der Waals surface area contributed by atoms with Crippen LogP contribution in [0.3, 0.4) is 0 Å². The molecule has 0 amide bonds. The summed E-state index contributed by atoms with van der Waals surface area (Å²) in [5, 5.41) is 4.25. The van der Waals surface area contributed by atoms with Crippen LogP contribution in [-0.2, 0) is 0 Å². The molecule has 1 unspecified atom stereocenters. The minimum absolute atomic E-state index is 0.456. The van der Waals surface area contributed by atoms with Gasteiger partial charge in [-0.25, -0.2) is 0 Å². The van der Waals surface area contributed by atoms with Crippen molar-refractivity contribution in [1.82, 2.24) is 5.32 Å². The van der Waals surface area contributed by atoms with Crippen molar-refractivity contribution >= 4 is 27.5 Å². The van der Waals surface area contributed by atoms with E-state index in [-0.39, 0.29) is 0 Å². The van der Waals surface area contributed by atoms with Gasteiger partial charge in [-0.15, -0.1) is 0 Å². The van der Waals surface area contributed by atoms with Gasteiger partial charge in [0, 0.05) is 16.0 Å². The molecule has 1 N–H and O–H groups in total. The van der Waals surface area contributed by atoms with Crippen molar-refractivity contribution in [2.45, 2.75) is 26.2 Å². The van der Waals surface area contributed by atoms with Gasteiger partial charge in [-0.2, -0.15) is 0 Å². The first-order chi connectivity index (χ1) is 7.15. The molecule has 1 nitrogen and oxygen atoms in total. The zero-order chi connectivity index (χ0) is 11.3. The van der Waals surface area contributed by atoms with E-state index in [1.807, 2.05) is 12.1 Å². The Morgan fingerprint density at radius 1 is 1.47 bits per heavy atom. The predicted molar refractivity (Wildman–Crippen MR) is 70.7 cm³/mol. The number of halogens is 2. The summed E-state index contributed by atoms with van der Waals surface area (Å²) in [5.74, 6) is 0.456. The number of hydrogen-bond acceptors (Lipinski definition) is 1. The molecule has 84 valence electrons. The molecule has 0 spiro atoms. The summed E-state index contributed by atoms with van der Waals surface area (Å²) >= 11 is 9.59. The van der Waals surface area contributed by atoms with E-state index in [9.17, 15) is 0 Å². The van der Waals surface area contributed by atoms with Crippen LogP contribution in [0.15, 0.2) is 22.7 Å². The number of nitrogens with one attached hydrogen (secondary N) is 1. The average Bonchev–Trinajstić information content (AvgIpc) is 2.17. The van der Waals surface area contributed by atoms with E-state index in [0.29, 0.717) is 5.92 Å². The molecule has 1 atom stereocenters. The van der Waals surface area contributed by atoms with Gasteiger partial charge in [0.05, 0.1) is 0 Å². The second-order valence-corrected chi connectivity index (χ2v) is 5.09. The topological polar surface area (TPSA) is 12.0 Å². The van der Waals surface area contributed by atoms with Gasteiger partial charge < -0.3 is 5.32 Å². The van der Waals surface area contributed by atoms with Gasteiger partial charge in [0.25, 0.3) is 0 Å². The van der Waals surface area contributed by atoms with Crippen molar-refractivity contribution in [2.24, 2.45) is 0 Å². The van der Waals surface area contributed by atoms with Gasteiger partial charge in [0.1, 0.15) is 0 Å². The van der Waals surface area contributed by atoms with Gasteiger partial charge >= 0.3 is 0 Å². The second kappa shape index (κ2) is 6.51. The molecule has 0 heterocycles. The lowest BCUT2D eigenvalue weighted by Gasteiger charge is -2.14. The molecule has 1 rings (SSSR count). The minimum atomic E-state index is 0.456. The highest BCUT2D eigenvalue weighted by Gasteiger charge is 2.09. The fourth-order valence-electron chi connectivity index (χ4n) is 1.51. The molecule has 15 heavy (non-hydrogen) atoms. The Balaban J connectivity index is 2.61. The third kappa shape index (κ3) is 4.13. The lowest BCUT2D eigenvalue weighted by molar-refractivity contribution is 0.609. The molecule has 0 aromatic heterocycles. The minimum Gasteiger partial charge on any atom is -0.316 e. The maximum atomic E-state index is 6.18. The summed E-state index contributed by atoms with van der Waals surface area (Å²) in [6.07, 6.45) is 1.17. The van der Waals surface area contributed by atoms with Crippen LogP contribution in [0.5, 0.6) is 0 Å². The van der Waals surface area contributed by atoms with E-state index in [2.05, 4.69) is 41.2 Å². The standard InChI is InChI=1S/C12H17BrClN/c1-3-6-15-8-9(2)11-5-4-10(13)7-12(11)14/h4-5,7,9,15H,3,6,8H2,1-2H3. The molecular weight excluding hydrogens is 273 g/mol. The first-order valence-corrected chi connectivity index (χ1v) is 6.48. The summed E-state index contributed by atoms with van der Waals surface area (Å²) in [4.78, 5) is 0. The van der Waals surface area contributed by atoms with Crippen molar-refractivity contribution in [3.63, 3.8) is 0 Å². The first kappa shape index (κ1) is 13.0. The summed E-state index contributed by atoms with van der Waals surface area (Å²) in [6.45, 7) is 6.41. The first-order valence-electron chi connectivity index (χ1n) is 5.30. The van der Waals surface area contributed by atoms with Gasteiger partial charge in [0.15, 0.2) is 0 Å². The Kier molecular flexibility index (Phi) is 5.65. The highest BCUT2D eigenvalue weighted by Crippen LogP contribution is 2.27. The van der Waals surface area contributed by atoms with Crippen LogP contribution >= 0.6 is 27.5 Å². The molecule has 1 aromatic carbocycles. The van der Waals surface area contributed by atoms with Crippen LogP contribution < -0.4 is 5.32 Å². The normalized spacial score (nSPS) is 12.8. The smallest absolute Gasteiger partial charge is 0.0452 e. The van der Waals surface area contributed by atoms with E-state index in [1.165, 1.54) is 12.0 Å². The van der Waals surface area contributed by atoms with E-state index < -0.39 is 0 Å². The molecule has 0 radical (unpaired) electrons. The van der Waals surface area contributed by atoms with Crippen LogP contribution in [-0.4, -0.2) is 13.1 Å². The lowest BCUT2D eigenvalue weighted by atomic mass is 10.0. The highest BCUT2D eigenvalue weighted by molar-refractivity contribution is 9.10. The molecule has 3 heteroatoms. The Hall–Kier alpha value is -0.0500. The van der Waals surface area contributed by atoms with Gasteiger partial charge in [-0.1, -0.05) is 47.4 Å². The van der Waals surface area contributed by atoms with Crippen molar-refractivity contribution in [2.75, 3.05) is 13.1 Å². The average molecular weight is 291 g/mol. The SMILES string of the molecule is CCCNCC(C)c1ccc(Br)cc1Cl. The molecule has 0 saturated carbocycles. The number of benzene rings is 1. The summed E-state index contributed by atoms with van der Waals surface area (Å²) in [6, 6.07) is 6.08. The predicted octanol–water partition coefficient (Wildman–Crippen LogP) is 4.21. The van der Waals surface area contributed by atoms with Gasteiger partial charge in [-0.3, -0.25) is 0 Å². The summed E-state index contributed by atoms with van der Waals surface area (Å²) in [5.41, 5.74) is 1.21. The van der Waals surface area contributed by atoms with Gasteiger partial charge in [-0.05, 0) is 36.6 Å². The monoisotopic (exact) mass is 289 g/mol. The van der Waals surface area contributed by atoms with E-state index >= 15 is 0 Å². The molecule has 0 saturated heterocycles. The number of hydrogen-bond donors (Lipinski definition) is 1. The molecule has 0 aliphatic carbocycles. The van der Waals surface area contributed by atoms with Crippen molar-refractivity contribution < 1.29 is 0 Å². The van der Waals surface area contributed by atoms with E-state index in [0.717, 1.165) is 22.6 Å².